The van der Waals surface area contributed by atoms with Gasteiger partial charge in [0.15, 0.2) is 0 Å². The molecule has 1 aliphatic rings. The standard InChI is InChI=1S/C21H24F2N4O2/c1-14(2)29-17-5-3-16(4-6-17)18-12-24-13-19(26-18)20(28)27-25-11-15-7-9-21(22,23)10-8-15/h3-6,11-15H,7-10H2,1-2H3,(H,27,28). The van der Waals surface area contributed by atoms with Crippen molar-refractivity contribution in [3.8, 4) is 17.0 Å². The van der Waals surface area contributed by atoms with Crippen LogP contribution in [0.2, 0.25) is 0 Å². The number of aromatic nitrogens is 2. The summed E-state index contributed by atoms with van der Waals surface area (Å²) in [4.78, 5) is 20.7. The Balaban J connectivity index is 1.60. The van der Waals surface area contributed by atoms with E-state index in [4.69, 9.17) is 4.74 Å². The Morgan fingerprint density at radius 1 is 1.24 bits per heavy atom. The lowest BCUT2D eigenvalue weighted by atomic mass is 9.88. The third kappa shape index (κ3) is 6.04. The molecule has 154 valence electrons. The second kappa shape index (κ2) is 9.07. The maximum absolute atomic E-state index is 13.2. The number of hydrogen-bond donors (Lipinski definition) is 1. The number of nitrogens with zero attached hydrogens (tertiary/aromatic N) is 3. The Hall–Kier alpha value is -2.90. The summed E-state index contributed by atoms with van der Waals surface area (Å²) in [6, 6.07) is 7.37. The van der Waals surface area contributed by atoms with Crippen LogP contribution in [0.3, 0.4) is 0 Å². The van der Waals surface area contributed by atoms with Gasteiger partial charge in [0, 0.05) is 24.6 Å². The van der Waals surface area contributed by atoms with Crippen molar-refractivity contribution >= 4 is 12.1 Å². The first-order valence-electron chi connectivity index (χ1n) is 9.63. The van der Waals surface area contributed by atoms with Crippen molar-refractivity contribution in [2.45, 2.75) is 51.6 Å². The molecule has 0 radical (unpaired) electrons. The molecule has 6 nitrogen and oxygen atoms in total. The molecule has 8 heteroatoms. The Bertz CT molecular complexity index is 859. The van der Waals surface area contributed by atoms with Crippen LogP contribution in [0.1, 0.15) is 50.0 Å². The van der Waals surface area contributed by atoms with Crippen LogP contribution in [0.4, 0.5) is 8.78 Å². The second-order valence-electron chi connectivity index (χ2n) is 7.39. The predicted octanol–water partition coefficient (Wildman–Crippen LogP) is 4.47. The van der Waals surface area contributed by atoms with Gasteiger partial charge in [-0.15, -0.1) is 0 Å². The number of nitrogens with one attached hydrogen (secondary N) is 1. The van der Waals surface area contributed by atoms with E-state index in [2.05, 4.69) is 20.5 Å². The zero-order valence-electron chi connectivity index (χ0n) is 16.4. The van der Waals surface area contributed by atoms with Gasteiger partial charge in [0.05, 0.1) is 24.2 Å². The van der Waals surface area contributed by atoms with E-state index in [0.717, 1.165) is 11.3 Å². The molecule has 29 heavy (non-hydrogen) atoms. The van der Waals surface area contributed by atoms with E-state index in [0.29, 0.717) is 18.5 Å². The molecule has 0 bridgehead atoms. The highest BCUT2D eigenvalue weighted by Gasteiger charge is 2.34. The lowest BCUT2D eigenvalue weighted by Gasteiger charge is -2.25. The van der Waals surface area contributed by atoms with Crippen LogP contribution in [0.15, 0.2) is 41.8 Å². The minimum absolute atomic E-state index is 0.0566. The van der Waals surface area contributed by atoms with Gasteiger partial charge in [0.1, 0.15) is 11.4 Å². The quantitative estimate of drug-likeness (QED) is 0.571. The van der Waals surface area contributed by atoms with E-state index in [-0.39, 0.29) is 30.6 Å². The number of alkyl halides is 2. The van der Waals surface area contributed by atoms with E-state index in [1.54, 1.807) is 6.20 Å². The van der Waals surface area contributed by atoms with Crippen LogP contribution in [0.5, 0.6) is 5.75 Å². The number of carbonyl (C=O) groups is 1. The first kappa shape index (κ1) is 20.8. The number of carbonyl (C=O) groups excluding carboxylic acids is 1. The molecule has 1 N–H and O–H groups in total. The molecule has 0 saturated heterocycles. The summed E-state index contributed by atoms with van der Waals surface area (Å²) < 4.78 is 32.0. The Morgan fingerprint density at radius 3 is 2.59 bits per heavy atom. The second-order valence-corrected chi connectivity index (χ2v) is 7.39. The van der Waals surface area contributed by atoms with Gasteiger partial charge in [-0.2, -0.15) is 5.10 Å². The van der Waals surface area contributed by atoms with Crippen LogP contribution in [0, 0.1) is 5.92 Å². The fourth-order valence-corrected chi connectivity index (χ4v) is 3.06. The van der Waals surface area contributed by atoms with Crippen molar-refractivity contribution in [3.63, 3.8) is 0 Å². The smallest absolute Gasteiger partial charge is 0.291 e. The number of hydrogen-bond acceptors (Lipinski definition) is 5. The summed E-state index contributed by atoms with van der Waals surface area (Å²) >= 11 is 0. The molecule has 0 unspecified atom stereocenters. The molecule has 1 fully saturated rings. The van der Waals surface area contributed by atoms with E-state index < -0.39 is 11.8 Å². The SMILES string of the molecule is CC(C)Oc1ccc(-c2cncc(C(=O)NN=CC3CCC(F)(F)CC3)n2)cc1. The maximum Gasteiger partial charge on any atom is 0.291 e. The monoisotopic (exact) mass is 402 g/mol. The topological polar surface area (TPSA) is 76.5 Å². The summed E-state index contributed by atoms with van der Waals surface area (Å²) in [6.45, 7) is 3.90. The van der Waals surface area contributed by atoms with Crippen LogP contribution < -0.4 is 10.2 Å². The van der Waals surface area contributed by atoms with Crippen LogP contribution in [0.25, 0.3) is 11.3 Å². The van der Waals surface area contributed by atoms with Crippen LogP contribution in [-0.4, -0.2) is 34.1 Å². The summed E-state index contributed by atoms with van der Waals surface area (Å²) in [6.07, 6.45) is 4.96. The lowest BCUT2D eigenvalue weighted by Crippen LogP contribution is -2.26. The predicted molar refractivity (Wildman–Crippen MR) is 106 cm³/mol. The number of halogens is 2. The molecular formula is C21H24F2N4O2. The van der Waals surface area contributed by atoms with Gasteiger partial charge in [-0.1, -0.05) is 0 Å². The van der Waals surface area contributed by atoms with Crippen LogP contribution in [-0.2, 0) is 0 Å². The highest BCUT2D eigenvalue weighted by Crippen LogP contribution is 2.35. The molecule has 1 aromatic heterocycles. The van der Waals surface area contributed by atoms with Crippen molar-refractivity contribution in [3.05, 3.63) is 42.4 Å². The third-order valence-corrected chi connectivity index (χ3v) is 4.60. The first-order chi connectivity index (χ1) is 13.8. The maximum atomic E-state index is 13.2. The molecule has 0 atom stereocenters. The van der Waals surface area contributed by atoms with Gasteiger partial charge < -0.3 is 4.74 Å². The zero-order valence-corrected chi connectivity index (χ0v) is 16.4. The van der Waals surface area contributed by atoms with Gasteiger partial charge in [-0.05, 0) is 56.9 Å². The lowest BCUT2D eigenvalue weighted by molar-refractivity contribution is -0.0390. The normalized spacial score (nSPS) is 16.9. The van der Waals surface area contributed by atoms with E-state index in [9.17, 15) is 13.6 Å². The number of benzene rings is 1. The van der Waals surface area contributed by atoms with E-state index in [1.165, 1.54) is 12.4 Å². The molecule has 2 aromatic rings. The zero-order chi connectivity index (χ0) is 20.9. The molecule has 1 saturated carbocycles. The molecule has 1 amide bonds. The molecule has 0 aliphatic heterocycles. The summed E-state index contributed by atoms with van der Waals surface area (Å²) in [5, 5.41) is 3.91. The fraction of sp³-hybridized carbons (Fsp3) is 0.429. The van der Waals surface area contributed by atoms with E-state index in [1.807, 2.05) is 38.1 Å². The minimum Gasteiger partial charge on any atom is -0.491 e. The average molecular weight is 402 g/mol. The van der Waals surface area contributed by atoms with Gasteiger partial charge in [-0.25, -0.2) is 19.2 Å². The summed E-state index contributed by atoms with van der Waals surface area (Å²) in [7, 11) is 0. The van der Waals surface area contributed by atoms with Crippen molar-refractivity contribution < 1.29 is 18.3 Å². The molecular weight excluding hydrogens is 378 g/mol. The Morgan fingerprint density at radius 2 is 1.93 bits per heavy atom. The average Bonchev–Trinajstić information content (AvgIpc) is 2.69. The Labute approximate surface area is 168 Å². The fourth-order valence-electron chi connectivity index (χ4n) is 3.06. The molecule has 0 spiro atoms. The highest BCUT2D eigenvalue weighted by atomic mass is 19.3. The molecule has 1 heterocycles. The van der Waals surface area contributed by atoms with Crippen LogP contribution >= 0.6 is 0 Å². The van der Waals surface area contributed by atoms with Crippen molar-refractivity contribution in [2.75, 3.05) is 0 Å². The van der Waals surface area contributed by atoms with Crippen molar-refractivity contribution in [1.82, 2.24) is 15.4 Å². The summed E-state index contributed by atoms with van der Waals surface area (Å²) in [5.41, 5.74) is 3.87. The number of hydrazone groups is 1. The largest absolute Gasteiger partial charge is 0.491 e. The van der Waals surface area contributed by atoms with E-state index >= 15 is 0 Å². The molecule has 1 aliphatic carbocycles. The molecule has 3 rings (SSSR count). The van der Waals surface area contributed by atoms with Gasteiger partial charge in [0.25, 0.3) is 5.91 Å². The Kier molecular flexibility index (Phi) is 6.51. The van der Waals surface area contributed by atoms with Gasteiger partial charge >= 0.3 is 0 Å². The minimum atomic E-state index is -2.58. The van der Waals surface area contributed by atoms with Crippen molar-refractivity contribution in [1.29, 1.82) is 0 Å². The first-order valence-corrected chi connectivity index (χ1v) is 9.63. The molecule has 1 aromatic carbocycles. The number of ether oxygens (including phenoxy) is 1. The summed E-state index contributed by atoms with van der Waals surface area (Å²) in [5.74, 6) is -2.39. The van der Waals surface area contributed by atoms with Crippen molar-refractivity contribution in [2.24, 2.45) is 11.0 Å². The third-order valence-electron chi connectivity index (χ3n) is 4.60. The highest BCUT2D eigenvalue weighted by molar-refractivity contribution is 5.92. The van der Waals surface area contributed by atoms with Gasteiger partial charge in [-0.3, -0.25) is 9.78 Å². The number of rotatable bonds is 6. The van der Waals surface area contributed by atoms with Gasteiger partial charge in [0.2, 0.25) is 5.92 Å². The number of amides is 1.